The Balaban J connectivity index is 2.24. The number of hydrogen-bond donors (Lipinski definition) is 2. The third-order valence-corrected chi connectivity index (χ3v) is 6.03. The molecule has 0 aromatic carbocycles. The minimum Gasteiger partial charge on any atom is -0.330 e. The van der Waals surface area contributed by atoms with E-state index in [4.69, 9.17) is 11.5 Å². The highest BCUT2D eigenvalue weighted by Crippen LogP contribution is 2.54. The first kappa shape index (κ1) is 14.3. The van der Waals surface area contributed by atoms with Gasteiger partial charge in [-0.15, -0.1) is 0 Å². The number of nitrogens with two attached hydrogens (primary N) is 2. The summed E-state index contributed by atoms with van der Waals surface area (Å²) in [6.45, 7) is 1.73. The summed E-state index contributed by atoms with van der Waals surface area (Å²) in [6.07, 6.45) is 16.5. The van der Waals surface area contributed by atoms with Gasteiger partial charge in [0.25, 0.3) is 0 Å². The van der Waals surface area contributed by atoms with Gasteiger partial charge in [-0.3, -0.25) is 0 Å². The van der Waals surface area contributed by atoms with Crippen molar-refractivity contribution in [3.63, 3.8) is 0 Å². The van der Waals surface area contributed by atoms with E-state index in [0.29, 0.717) is 10.8 Å². The smallest absolute Gasteiger partial charge is 0.00147 e. The van der Waals surface area contributed by atoms with Crippen molar-refractivity contribution in [2.24, 2.45) is 22.3 Å². The molecule has 106 valence electrons. The Bertz CT molecular complexity index is 207. The molecule has 2 saturated carbocycles. The fourth-order valence-corrected chi connectivity index (χ4v) is 4.71. The van der Waals surface area contributed by atoms with Crippen LogP contribution in [0.5, 0.6) is 0 Å². The molecule has 2 rings (SSSR count). The van der Waals surface area contributed by atoms with Crippen molar-refractivity contribution < 1.29 is 0 Å². The maximum absolute atomic E-state index is 6.29. The largest absolute Gasteiger partial charge is 0.330 e. The molecular formula is C16H32N2. The fourth-order valence-electron chi connectivity index (χ4n) is 4.71. The Hall–Kier alpha value is -0.0800. The lowest BCUT2D eigenvalue weighted by atomic mass is 9.56. The Morgan fingerprint density at radius 2 is 0.778 bits per heavy atom. The summed E-state index contributed by atoms with van der Waals surface area (Å²) >= 11 is 0. The Kier molecular flexibility index (Phi) is 5.08. The van der Waals surface area contributed by atoms with Crippen molar-refractivity contribution >= 4 is 0 Å². The van der Waals surface area contributed by atoms with Crippen LogP contribution in [-0.2, 0) is 0 Å². The molecule has 2 aliphatic rings. The van der Waals surface area contributed by atoms with Crippen LogP contribution in [0.25, 0.3) is 0 Å². The maximum atomic E-state index is 6.29. The highest BCUT2D eigenvalue weighted by Gasteiger charge is 2.48. The summed E-state index contributed by atoms with van der Waals surface area (Å²) in [6, 6.07) is 0. The van der Waals surface area contributed by atoms with Crippen LogP contribution in [0.2, 0.25) is 0 Å². The average molecular weight is 252 g/mol. The van der Waals surface area contributed by atoms with Crippen LogP contribution in [0, 0.1) is 10.8 Å². The van der Waals surface area contributed by atoms with Crippen LogP contribution in [0.1, 0.15) is 77.0 Å². The Labute approximate surface area is 113 Å². The zero-order chi connectivity index (χ0) is 12.9. The third-order valence-electron chi connectivity index (χ3n) is 6.03. The molecule has 2 fully saturated rings. The van der Waals surface area contributed by atoms with Crippen molar-refractivity contribution in [1.82, 2.24) is 0 Å². The summed E-state index contributed by atoms with van der Waals surface area (Å²) in [5.74, 6) is 0. The second-order valence-electron chi connectivity index (χ2n) is 6.80. The van der Waals surface area contributed by atoms with Crippen molar-refractivity contribution in [2.75, 3.05) is 13.1 Å². The summed E-state index contributed by atoms with van der Waals surface area (Å²) in [7, 11) is 0. The van der Waals surface area contributed by atoms with Gasteiger partial charge in [0, 0.05) is 0 Å². The molecule has 4 N–H and O–H groups in total. The Morgan fingerprint density at radius 1 is 0.500 bits per heavy atom. The summed E-state index contributed by atoms with van der Waals surface area (Å²) in [4.78, 5) is 0. The molecule has 0 saturated heterocycles. The van der Waals surface area contributed by atoms with Crippen molar-refractivity contribution in [1.29, 1.82) is 0 Å². The van der Waals surface area contributed by atoms with Crippen LogP contribution in [0.15, 0.2) is 0 Å². The second kappa shape index (κ2) is 6.38. The number of rotatable bonds is 3. The van der Waals surface area contributed by atoms with Gasteiger partial charge in [-0.25, -0.2) is 0 Å². The van der Waals surface area contributed by atoms with Gasteiger partial charge in [0.15, 0.2) is 0 Å². The SMILES string of the molecule is NCC1(C2(CN)CCCCCC2)CCCCCC1. The van der Waals surface area contributed by atoms with Crippen molar-refractivity contribution in [2.45, 2.75) is 77.0 Å². The predicted octanol–water partition coefficient (Wildman–Crippen LogP) is 3.59. The van der Waals surface area contributed by atoms with E-state index in [1.807, 2.05) is 0 Å². The monoisotopic (exact) mass is 252 g/mol. The van der Waals surface area contributed by atoms with E-state index in [0.717, 1.165) is 13.1 Å². The molecule has 0 aliphatic heterocycles. The predicted molar refractivity (Wildman–Crippen MR) is 78.4 cm³/mol. The van der Waals surface area contributed by atoms with Crippen LogP contribution >= 0.6 is 0 Å². The first-order valence-electron chi connectivity index (χ1n) is 8.19. The molecule has 2 aliphatic carbocycles. The molecule has 0 spiro atoms. The topological polar surface area (TPSA) is 52.0 Å². The molecular weight excluding hydrogens is 220 g/mol. The summed E-state index contributed by atoms with van der Waals surface area (Å²) in [5.41, 5.74) is 13.3. The van der Waals surface area contributed by atoms with E-state index in [1.165, 1.54) is 77.0 Å². The van der Waals surface area contributed by atoms with E-state index in [1.54, 1.807) is 0 Å². The minimum absolute atomic E-state index is 0.364. The van der Waals surface area contributed by atoms with Gasteiger partial charge >= 0.3 is 0 Å². The lowest BCUT2D eigenvalue weighted by molar-refractivity contribution is 0.0156. The van der Waals surface area contributed by atoms with Gasteiger partial charge in [0.2, 0.25) is 0 Å². The van der Waals surface area contributed by atoms with Crippen molar-refractivity contribution in [3.05, 3.63) is 0 Å². The molecule has 0 unspecified atom stereocenters. The molecule has 0 heterocycles. The zero-order valence-electron chi connectivity index (χ0n) is 12.1. The quantitative estimate of drug-likeness (QED) is 0.754. The van der Waals surface area contributed by atoms with Gasteiger partial charge in [0.1, 0.15) is 0 Å². The summed E-state index contributed by atoms with van der Waals surface area (Å²) < 4.78 is 0. The summed E-state index contributed by atoms with van der Waals surface area (Å²) in [5, 5.41) is 0. The van der Waals surface area contributed by atoms with E-state index in [2.05, 4.69) is 0 Å². The molecule has 0 bridgehead atoms. The van der Waals surface area contributed by atoms with Crippen LogP contribution in [0.4, 0.5) is 0 Å². The molecule has 2 heteroatoms. The van der Waals surface area contributed by atoms with Crippen LogP contribution in [0.3, 0.4) is 0 Å². The lowest BCUT2D eigenvalue weighted by Gasteiger charge is -2.50. The first-order valence-corrected chi connectivity index (χ1v) is 8.19. The molecule has 0 aromatic heterocycles. The van der Waals surface area contributed by atoms with Gasteiger partial charge in [-0.05, 0) is 49.6 Å². The van der Waals surface area contributed by atoms with E-state index in [-0.39, 0.29) is 0 Å². The van der Waals surface area contributed by atoms with Gasteiger partial charge in [-0.2, -0.15) is 0 Å². The minimum atomic E-state index is 0.364. The molecule has 2 nitrogen and oxygen atoms in total. The molecule has 0 radical (unpaired) electrons. The van der Waals surface area contributed by atoms with E-state index >= 15 is 0 Å². The zero-order valence-corrected chi connectivity index (χ0v) is 12.1. The number of hydrogen-bond acceptors (Lipinski definition) is 2. The highest BCUT2D eigenvalue weighted by molar-refractivity contribution is 5.00. The normalized spacial score (nSPS) is 28.3. The van der Waals surface area contributed by atoms with Crippen molar-refractivity contribution in [3.8, 4) is 0 Å². The third kappa shape index (κ3) is 2.60. The van der Waals surface area contributed by atoms with Crippen LogP contribution in [-0.4, -0.2) is 13.1 Å². The first-order chi connectivity index (χ1) is 8.79. The van der Waals surface area contributed by atoms with Crippen LogP contribution < -0.4 is 11.5 Å². The highest BCUT2D eigenvalue weighted by atomic mass is 14.7. The molecule has 0 atom stereocenters. The van der Waals surface area contributed by atoms with E-state index < -0.39 is 0 Å². The van der Waals surface area contributed by atoms with E-state index in [9.17, 15) is 0 Å². The van der Waals surface area contributed by atoms with Gasteiger partial charge in [-0.1, -0.05) is 51.4 Å². The standard InChI is InChI=1S/C16H32N2/c17-13-15(9-5-1-2-6-10-15)16(14-18)11-7-3-4-8-12-16/h1-14,17-18H2. The van der Waals surface area contributed by atoms with Gasteiger partial charge < -0.3 is 11.5 Å². The van der Waals surface area contributed by atoms with Gasteiger partial charge in [0.05, 0.1) is 0 Å². The Morgan fingerprint density at radius 3 is 1.00 bits per heavy atom. The lowest BCUT2D eigenvalue weighted by Crippen LogP contribution is -2.51. The average Bonchev–Trinajstić information content (AvgIpc) is 2.80. The maximum Gasteiger partial charge on any atom is -0.00147 e. The fraction of sp³-hybridized carbons (Fsp3) is 1.00. The molecule has 18 heavy (non-hydrogen) atoms. The molecule has 0 aromatic rings. The second-order valence-corrected chi connectivity index (χ2v) is 6.80. The molecule has 0 amide bonds.